The number of rotatable bonds is 1. The molecular weight excluding hydrogens is 204 g/mol. The average Bonchev–Trinajstić information content (AvgIpc) is 2.61. The third-order valence-electron chi connectivity index (χ3n) is 2.82. The van der Waals surface area contributed by atoms with Gasteiger partial charge in [-0.05, 0) is 5.92 Å². The Morgan fingerprint density at radius 3 is 1.62 bits per heavy atom. The van der Waals surface area contributed by atoms with E-state index in [-0.39, 0.29) is 5.92 Å². The van der Waals surface area contributed by atoms with Crippen LogP contribution in [0.5, 0.6) is 0 Å². The molecule has 0 radical (unpaired) electrons. The van der Waals surface area contributed by atoms with Gasteiger partial charge in [0.15, 0.2) is 0 Å². The van der Waals surface area contributed by atoms with E-state index in [1.54, 1.807) is 0 Å². The van der Waals surface area contributed by atoms with Crippen molar-refractivity contribution in [2.75, 3.05) is 0 Å². The molecule has 3 nitrogen and oxygen atoms in total. The fourth-order valence-corrected chi connectivity index (χ4v) is 1.83. The van der Waals surface area contributed by atoms with Gasteiger partial charge in [0.1, 0.15) is 0 Å². The Morgan fingerprint density at radius 1 is 1.00 bits per heavy atom. The van der Waals surface area contributed by atoms with E-state index >= 15 is 0 Å². The molecular formula is C13H20O3. The molecule has 0 aromatic heterocycles. The summed E-state index contributed by atoms with van der Waals surface area (Å²) in [6.45, 7) is 3.68. The van der Waals surface area contributed by atoms with E-state index in [0.717, 1.165) is 0 Å². The molecule has 0 amide bonds. The summed E-state index contributed by atoms with van der Waals surface area (Å²) in [6.07, 6.45) is 10.2. The Balaban J connectivity index is 0.000000181. The Morgan fingerprint density at radius 2 is 1.44 bits per heavy atom. The first-order chi connectivity index (χ1) is 7.61. The summed E-state index contributed by atoms with van der Waals surface area (Å²) in [5, 5.41) is 0. The van der Waals surface area contributed by atoms with Crippen molar-refractivity contribution in [2.45, 2.75) is 52.4 Å². The van der Waals surface area contributed by atoms with Crippen LogP contribution in [-0.2, 0) is 14.3 Å². The van der Waals surface area contributed by atoms with Crippen LogP contribution in [0.4, 0.5) is 0 Å². The Hall–Kier alpha value is -1.12. The molecule has 2 aliphatic rings. The van der Waals surface area contributed by atoms with E-state index in [0.29, 0.717) is 5.57 Å². The molecule has 0 bridgehead atoms. The second kappa shape index (κ2) is 6.46. The summed E-state index contributed by atoms with van der Waals surface area (Å²) in [7, 11) is 0. The molecule has 1 heterocycles. The zero-order chi connectivity index (χ0) is 12.0. The summed E-state index contributed by atoms with van der Waals surface area (Å²) >= 11 is 0. The van der Waals surface area contributed by atoms with Crippen LogP contribution in [0.3, 0.4) is 0 Å². The zero-order valence-corrected chi connectivity index (χ0v) is 10.1. The third kappa shape index (κ3) is 4.17. The molecule has 0 aromatic carbocycles. The number of carbonyl (C=O) groups excluding carboxylic acids is 2. The zero-order valence-electron chi connectivity index (χ0n) is 10.1. The molecule has 1 saturated carbocycles. The molecule has 0 spiro atoms. The molecule has 1 aliphatic carbocycles. The van der Waals surface area contributed by atoms with E-state index in [2.05, 4.69) is 4.74 Å². The summed E-state index contributed by atoms with van der Waals surface area (Å²) in [4.78, 5) is 21.2. The lowest BCUT2D eigenvalue weighted by molar-refractivity contribution is -0.150. The quantitative estimate of drug-likeness (QED) is 0.508. The van der Waals surface area contributed by atoms with Gasteiger partial charge < -0.3 is 4.74 Å². The smallest absolute Gasteiger partial charge is 0.342 e. The Labute approximate surface area is 96.9 Å². The van der Waals surface area contributed by atoms with Gasteiger partial charge in [-0.25, -0.2) is 9.59 Å². The molecule has 1 fully saturated rings. The predicted molar refractivity (Wildman–Crippen MR) is 61.7 cm³/mol. The minimum Gasteiger partial charge on any atom is -0.386 e. The summed E-state index contributed by atoms with van der Waals surface area (Å²) in [5.74, 6) is -0.979. The van der Waals surface area contributed by atoms with Gasteiger partial charge in [-0.2, -0.15) is 0 Å². The summed E-state index contributed by atoms with van der Waals surface area (Å²) < 4.78 is 4.26. The lowest BCUT2D eigenvalue weighted by Crippen LogP contribution is -2.05. The highest BCUT2D eigenvalue weighted by Gasteiger charge is 2.25. The van der Waals surface area contributed by atoms with Crippen LogP contribution in [0.25, 0.3) is 0 Å². The molecule has 0 aromatic rings. The molecule has 90 valence electrons. The van der Waals surface area contributed by atoms with Crippen LogP contribution in [0.2, 0.25) is 0 Å². The molecule has 0 atom stereocenters. The van der Waals surface area contributed by atoms with E-state index in [1.165, 1.54) is 44.6 Å². The number of hydrogen-bond acceptors (Lipinski definition) is 3. The normalized spacial score (nSPS) is 20.1. The van der Waals surface area contributed by atoms with Crippen LogP contribution in [0, 0.1) is 5.92 Å². The van der Waals surface area contributed by atoms with Crippen molar-refractivity contribution < 1.29 is 14.3 Å². The third-order valence-corrected chi connectivity index (χ3v) is 2.82. The van der Waals surface area contributed by atoms with Crippen molar-refractivity contribution in [3.05, 3.63) is 11.6 Å². The number of esters is 2. The van der Waals surface area contributed by atoms with Crippen LogP contribution in [-0.4, -0.2) is 11.9 Å². The summed E-state index contributed by atoms with van der Waals surface area (Å²) in [5.41, 5.74) is 0.463. The molecule has 3 heteroatoms. The first-order valence-corrected chi connectivity index (χ1v) is 6.09. The maximum Gasteiger partial charge on any atom is 0.342 e. The Bertz CT molecular complexity index is 274. The van der Waals surface area contributed by atoms with Crippen molar-refractivity contribution in [1.82, 2.24) is 0 Å². The molecule has 0 unspecified atom stereocenters. The SMILES string of the molecule is C1CCCCC1.CC(C)C1=CC(=O)OC1=O. The number of cyclic esters (lactones) is 2. The van der Waals surface area contributed by atoms with Gasteiger partial charge in [0, 0.05) is 11.6 Å². The van der Waals surface area contributed by atoms with E-state index in [4.69, 9.17) is 0 Å². The molecule has 1 aliphatic heterocycles. The number of hydrogen-bond donors (Lipinski definition) is 0. The van der Waals surface area contributed by atoms with Gasteiger partial charge in [0.25, 0.3) is 0 Å². The fraction of sp³-hybridized carbons (Fsp3) is 0.692. The first kappa shape index (κ1) is 12.9. The van der Waals surface area contributed by atoms with Crippen LogP contribution in [0.1, 0.15) is 52.4 Å². The van der Waals surface area contributed by atoms with Crippen molar-refractivity contribution in [1.29, 1.82) is 0 Å². The average molecular weight is 224 g/mol. The van der Waals surface area contributed by atoms with Gasteiger partial charge in [-0.1, -0.05) is 52.4 Å². The van der Waals surface area contributed by atoms with E-state index in [9.17, 15) is 9.59 Å². The van der Waals surface area contributed by atoms with Crippen LogP contribution >= 0.6 is 0 Å². The fourth-order valence-electron chi connectivity index (χ4n) is 1.83. The standard InChI is InChI=1S/C7H8O3.C6H12/c1-4(2)5-3-6(8)10-7(5)9;1-2-4-6-5-3-1/h3-4H,1-2H3;1-6H2. The number of ether oxygens (including phenoxy) is 1. The van der Waals surface area contributed by atoms with Crippen molar-refractivity contribution in [3.63, 3.8) is 0 Å². The second-order valence-corrected chi connectivity index (χ2v) is 4.58. The van der Waals surface area contributed by atoms with Gasteiger partial charge >= 0.3 is 11.9 Å². The lowest BCUT2D eigenvalue weighted by atomic mass is 10.0. The highest BCUT2D eigenvalue weighted by atomic mass is 16.6. The van der Waals surface area contributed by atoms with Gasteiger partial charge in [-0.15, -0.1) is 0 Å². The number of carbonyl (C=O) groups is 2. The van der Waals surface area contributed by atoms with Gasteiger partial charge in [0.05, 0.1) is 0 Å². The maximum absolute atomic E-state index is 10.7. The Kier molecular flexibility index (Phi) is 5.23. The molecule has 0 N–H and O–H groups in total. The van der Waals surface area contributed by atoms with Crippen LogP contribution in [0.15, 0.2) is 11.6 Å². The first-order valence-electron chi connectivity index (χ1n) is 6.09. The predicted octanol–water partition coefficient (Wildman–Crippen LogP) is 2.99. The topological polar surface area (TPSA) is 43.4 Å². The van der Waals surface area contributed by atoms with Crippen molar-refractivity contribution in [2.24, 2.45) is 5.92 Å². The lowest BCUT2D eigenvalue weighted by Gasteiger charge is -2.05. The highest BCUT2D eigenvalue weighted by Crippen LogP contribution is 2.16. The molecule has 0 saturated heterocycles. The second-order valence-electron chi connectivity index (χ2n) is 4.58. The largest absolute Gasteiger partial charge is 0.386 e. The highest BCUT2D eigenvalue weighted by molar-refractivity contribution is 6.08. The van der Waals surface area contributed by atoms with Crippen molar-refractivity contribution >= 4 is 11.9 Å². The van der Waals surface area contributed by atoms with Crippen molar-refractivity contribution in [3.8, 4) is 0 Å². The summed E-state index contributed by atoms with van der Waals surface area (Å²) in [6, 6.07) is 0. The van der Waals surface area contributed by atoms with Gasteiger partial charge in [0.2, 0.25) is 0 Å². The van der Waals surface area contributed by atoms with Crippen LogP contribution < -0.4 is 0 Å². The maximum atomic E-state index is 10.7. The van der Waals surface area contributed by atoms with E-state index in [1.807, 2.05) is 13.8 Å². The molecule has 16 heavy (non-hydrogen) atoms. The minimum absolute atomic E-state index is 0.0685. The monoisotopic (exact) mass is 224 g/mol. The van der Waals surface area contributed by atoms with E-state index < -0.39 is 11.9 Å². The molecule has 2 rings (SSSR count). The minimum atomic E-state index is -0.547. The van der Waals surface area contributed by atoms with Gasteiger partial charge in [-0.3, -0.25) is 0 Å².